The van der Waals surface area contributed by atoms with Crippen LogP contribution in [0, 0.1) is 0 Å². The molecule has 0 aromatic heterocycles. The summed E-state index contributed by atoms with van der Waals surface area (Å²) in [6, 6.07) is -0.574. The minimum absolute atomic E-state index is 0.0441. The molecular weight excluding hydrogens is 238 g/mol. The average molecular weight is 259 g/mol. The predicted octanol–water partition coefficient (Wildman–Crippen LogP) is 0.0651. The number of carboxylic acid groups (broad SMARTS) is 1. The van der Waals surface area contributed by atoms with E-state index >= 15 is 0 Å². The Hall–Kier alpha value is -1.63. The summed E-state index contributed by atoms with van der Waals surface area (Å²) in [5, 5.41) is 16.4. The van der Waals surface area contributed by atoms with Gasteiger partial charge in [0.05, 0.1) is 0 Å². The summed E-state index contributed by atoms with van der Waals surface area (Å²) < 4.78 is 0. The number of hydrogen-bond acceptors (Lipinski definition) is 4. The van der Waals surface area contributed by atoms with Crippen molar-refractivity contribution in [3.63, 3.8) is 0 Å². The molecule has 0 saturated heterocycles. The molecule has 7 nitrogen and oxygen atoms in total. The van der Waals surface area contributed by atoms with Crippen molar-refractivity contribution in [1.82, 2.24) is 16.0 Å². The van der Waals surface area contributed by atoms with Crippen LogP contribution in [-0.2, 0) is 9.59 Å². The van der Waals surface area contributed by atoms with Gasteiger partial charge in [0.25, 0.3) is 0 Å². The Morgan fingerprint density at radius 2 is 1.72 bits per heavy atom. The highest BCUT2D eigenvalue weighted by Crippen LogP contribution is 2.15. The number of rotatable bonds is 7. The highest BCUT2D eigenvalue weighted by Gasteiger charge is 2.33. The smallest absolute Gasteiger partial charge is 0.323 e. The third-order valence-corrected chi connectivity index (χ3v) is 2.91. The fourth-order valence-electron chi connectivity index (χ4n) is 1.54. The molecular formula is C11H21N3O4. The maximum absolute atomic E-state index is 11.3. The number of nitrogens with one attached hydrogen (secondary N) is 3. The van der Waals surface area contributed by atoms with Crippen molar-refractivity contribution < 1.29 is 19.5 Å². The summed E-state index contributed by atoms with van der Waals surface area (Å²) in [7, 11) is 1.41. The summed E-state index contributed by atoms with van der Waals surface area (Å²) in [5.74, 6) is -1.38. The van der Waals surface area contributed by atoms with Crippen molar-refractivity contribution in [1.29, 1.82) is 0 Å². The molecule has 3 amide bonds. The minimum Gasteiger partial charge on any atom is -0.480 e. The molecule has 0 rings (SSSR count). The van der Waals surface area contributed by atoms with E-state index in [9.17, 15) is 14.4 Å². The van der Waals surface area contributed by atoms with Gasteiger partial charge in [-0.05, 0) is 12.8 Å². The second-order valence-electron chi connectivity index (χ2n) is 3.90. The monoisotopic (exact) mass is 259 g/mol. The van der Waals surface area contributed by atoms with E-state index < -0.39 is 23.4 Å². The molecule has 0 aliphatic rings. The molecule has 0 aromatic carbocycles. The van der Waals surface area contributed by atoms with Crippen molar-refractivity contribution in [2.45, 2.75) is 38.6 Å². The van der Waals surface area contributed by atoms with Crippen LogP contribution in [0.4, 0.5) is 4.79 Å². The fourth-order valence-corrected chi connectivity index (χ4v) is 1.54. The summed E-state index contributed by atoms with van der Waals surface area (Å²) in [6.07, 6.45) is 0.897. The van der Waals surface area contributed by atoms with Crippen LogP contribution in [0.5, 0.6) is 0 Å². The van der Waals surface area contributed by atoms with Gasteiger partial charge in [0.15, 0.2) is 0 Å². The number of carboxylic acids is 1. The van der Waals surface area contributed by atoms with E-state index in [0.29, 0.717) is 12.8 Å². The van der Waals surface area contributed by atoms with Crippen LogP contribution in [-0.4, -0.2) is 42.1 Å². The van der Waals surface area contributed by atoms with Gasteiger partial charge in [0.1, 0.15) is 5.54 Å². The first kappa shape index (κ1) is 16.4. The van der Waals surface area contributed by atoms with Crippen molar-refractivity contribution in [2.24, 2.45) is 0 Å². The van der Waals surface area contributed by atoms with Gasteiger partial charge in [0, 0.05) is 20.0 Å². The lowest BCUT2D eigenvalue weighted by Crippen LogP contribution is -2.52. The zero-order valence-corrected chi connectivity index (χ0v) is 11.0. The molecule has 0 saturated carbocycles. The van der Waals surface area contributed by atoms with Gasteiger partial charge in [-0.3, -0.25) is 14.9 Å². The van der Waals surface area contributed by atoms with E-state index in [1.54, 1.807) is 13.8 Å². The second-order valence-corrected chi connectivity index (χ2v) is 3.90. The largest absolute Gasteiger partial charge is 0.480 e. The SMILES string of the molecule is CCC(CC)(NCCC(=O)NC(=O)NC)C(=O)O. The van der Waals surface area contributed by atoms with Crippen molar-refractivity contribution in [3.05, 3.63) is 0 Å². The molecule has 0 radical (unpaired) electrons. The summed E-state index contributed by atoms with van der Waals surface area (Å²) in [4.78, 5) is 33.3. The molecule has 7 heteroatoms. The van der Waals surface area contributed by atoms with Gasteiger partial charge in [-0.15, -0.1) is 0 Å². The van der Waals surface area contributed by atoms with Crippen LogP contribution < -0.4 is 16.0 Å². The lowest BCUT2D eigenvalue weighted by molar-refractivity contribution is -0.145. The summed E-state index contributed by atoms with van der Waals surface area (Å²) in [6.45, 7) is 3.75. The molecule has 4 N–H and O–H groups in total. The number of imide groups is 1. The second kappa shape index (κ2) is 7.65. The minimum atomic E-state index is -1.01. The molecule has 0 bridgehead atoms. The topological polar surface area (TPSA) is 108 Å². The summed E-state index contributed by atoms with van der Waals surface area (Å²) >= 11 is 0. The predicted molar refractivity (Wildman–Crippen MR) is 66.2 cm³/mol. The Labute approximate surface area is 106 Å². The molecule has 0 heterocycles. The lowest BCUT2D eigenvalue weighted by Gasteiger charge is -2.28. The number of amides is 3. The number of carbonyl (C=O) groups excluding carboxylic acids is 2. The first-order chi connectivity index (χ1) is 8.41. The van der Waals surface area contributed by atoms with Gasteiger partial charge in [-0.1, -0.05) is 13.8 Å². The van der Waals surface area contributed by atoms with Gasteiger partial charge < -0.3 is 15.7 Å². The molecule has 104 valence electrons. The summed E-state index contributed by atoms with van der Waals surface area (Å²) in [5.41, 5.74) is -1.01. The van der Waals surface area contributed by atoms with E-state index in [4.69, 9.17) is 5.11 Å². The fraction of sp³-hybridized carbons (Fsp3) is 0.727. The quantitative estimate of drug-likeness (QED) is 0.517. The van der Waals surface area contributed by atoms with Crippen LogP contribution >= 0.6 is 0 Å². The average Bonchev–Trinajstić information content (AvgIpc) is 2.34. The van der Waals surface area contributed by atoms with Crippen LogP contribution in [0.15, 0.2) is 0 Å². The zero-order chi connectivity index (χ0) is 14.2. The number of urea groups is 1. The van der Waals surface area contributed by atoms with Crippen molar-refractivity contribution >= 4 is 17.9 Å². The Balaban J connectivity index is 4.19. The molecule has 0 aromatic rings. The molecule has 0 spiro atoms. The lowest BCUT2D eigenvalue weighted by atomic mass is 9.93. The first-order valence-electron chi connectivity index (χ1n) is 5.91. The van der Waals surface area contributed by atoms with Crippen LogP contribution in [0.1, 0.15) is 33.1 Å². The van der Waals surface area contributed by atoms with E-state index in [1.807, 2.05) is 0 Å². The van der Waals surface area contributed by atoms with E-state index in [0.717, 1.165) is 0 Å². The number of hydrogen-bond donors (Lipinski definition) is 4. The van der Waals surface area contributed by atoms with E-state index in [-0.39, 0.29) is 13.0 Å². The molecule has 18 heavy (non-hydrogen) atoms. The molecule has 0 atom stereocenters. The van der Waals surface area contributed by atoms with Crippen molar-refractivity contribution in [3.8, 4) is 0 Å². The Morgan fingerprint density at radius 3 is 2.11 bits per heavy atom. The molecule has 0 aliphatic heterocycles. The van der Waals surface area contributed by atoms with Gasteiger partial charge >= 0.3 is 12.0 Å². The van der Waals surface area contributed by atoms with Crippen LogP contribution in [0.25, 0.3) is 0 Å². The van der Waals surface area contributed by atoms with Crippen LogP contribution in [0.2, 0.25) is 0 Å². The highest BCUT2D eigenvalue weighted by atomic mass is 16.4. The molecule has 0 fully saturated rings. The number of aliphatic carboxylic acids is 1. The van der Waals surface area contributed by atoms with Crippen molar-refractivity contribution in [2.75, 3.05) is 13.6 Å². The van der Waals surface area contributed by atoms with Gasteiger partial charge in [0.2, 0.25) is 5.91 Å². The third-order valence-electron chi connectivity index (χ3n) is 2.91. The van der Waals surface area contributed by atoms with Crippen LogP contribution in [0.3, 0.4) is 0 Å². The van der Waals surface area contributed by atoms with E-state index in [1.165, 1.54) is 7.05 Å². The number of carbonyl (C=O) groups is 3. The van der Waals surface area contributed by atoms with E-state index in [2.05, 4.69) is 16.0 Å². The first-order valence-corrected chi connectivity index (χ1v) is 5.91. The Kier molecular flexibility index (Phi) is 6.96. The van der Waals surface area contributed by atoms with Gasteiger partial charge in [-0.25, -0.2) is 4.79 Å². The normalized spacial score (nSPS) is 10.8. The molecule has 0 aliphatic carbocycles. The molecule has 0 unspecified atom stereocenters. The maximum Gasteiger partial charge on any atom is 0.323 e. The Morgan fingerprint density at radius 1 is 1.17 bits per heavy atom. The van der Waals surface area contributed by atoms with Gasteiger partial charge in [-0.2, -0.15) is 0 Å². The standard InChI is InChI=1S/C11H21N3O4/c1-4-11(5-2,9(16)17)13-7-6-8(15)14-10(18)12-3/h13H,4-7H2,1-3H3,(H,16,17)(H2,12,14,15,18). The zero-order valence-electron chi connectivity index (χ0n) is 11.0. The Bertz CT molecular complexity index is 313. The highest BCUT2D eigenvalue weighted by molar-refractivity contribution is 5.94. The maximum atomic E-state index is 11.3. The third kappa shape index (κ3) is 4.70.